The molecule has 4 rings (SSSR count). The maximum atomic E-state index is 13.8. The molecule has 0 aromatic rings. The number of fused-ring (bicyclic) bond motifs is 5. The van der Waals surface area contributed by atoms with Gasteiger partial charge in [0.15, 0.2) is 12.4 Å². The minimum absolute atomic E-state index is 0.00149. The van der Waals surface area contributed by atoms with Crippen LogP contribution in [0.5, 0.6) is 0 Å². The lowest BCUT2D eigenvalue weighted by atomic mass is 9.45. The molecule has 0 spiro atoms. The molecule has 11 heteroatoms. The Hall–Kier alpha value is -3.05. The van der Waals surface area contributed by atoms with E-state index in [0.29, 0.717) is 6.42 Å². The van der Waals surface area contributed by atoms with Gasteiger partial charge < -0.3 is 29.7 Å². The molecule has 0 aromatic carbocycles. The summed E-state index contributed by atoms with van der Waals surface area (Å²) in [5.41, 5.74) is -3.91. The van der Waals surface area contributed by atoms with Gasteiger partial charge in [0.25, 0.3) is 0 Å². The number of aliphatic hydroxyl groups excluding tert-OH is 1. The van der Waals surface area contributed by atoms with Crippen molar-refractivity contribution in [2.45, 2.75) is 130 Å². The summed E-state index contributed by atoms with van der Waals surface area (Å²) >= 11 is 0. The van der Waals surface area contributed by atoms with Crippen molar-refractivity contribution in [3.05, 3.63) is 23.8 Å². The van der Waals surface area contributed by atoms with Crippen molar-refractivity contribution in [2.24, 2.45) is 34.5 Å². The number of rotatable bonds is 8. The minimum atomic E-state index is -1.85. The zero-order valence-corrected chi connectivity index (χ0v) is 29.3. The first-order valence-electron chi connectivity index (χ1n) is 16.8. The predicted molar refractivity (Wildman–Crippen MR) is 172 cm³/mol. The van der Waals surface area contributed by atoms with Crippen LogP contribution in [0.15, 0.2) is 23.8 Å². The number of aliphatic hydroxyl groups is 2. The lowest BCUT2D eigenvalue weighted by Gasteiger charge is -2.60. The number of alkyl carbamates (subject to hydrolysis) is 1. The smallest absolute Gasteiger partial charge is 0.408 e. The van der Waals surface area contributed by atoms with Crippen LogP contribution in [0.2, 0.25) is 0 Å². The number of allylic oxidation sites excluding steroid dienone is 4. The highest BCUT2D eigenvalue weighted by atomic mass is 16.6. The van der Waals surface area contributed by atoms with Gasteiger partial charge in [0, 0.05) is 23.2 Å². The van der Waals surface area contributed by atoms with E-state index < -0.39 is 70.2 Å². The monoisotopic (exact) mass is 659 g/mol. The van der Waals surface area contributed by atoms with Crippen LogP contribution in [0, 0.1) is 34.5 Å². The van der Waals surface area contributed by atoms with Crippen molar-refractivity contribution >= 4 is 29.6 Å². The molecule has 3 fully saturated rings. The van der Waals surface area contributed by atoms with Crippen molar-refractivity contribution in [3.8, 4) is 0 Å². The number of amides is 1. The van der Waals surface area contributed by atoms with Gasteiger partial charge in [-0.2, -0.15) is 0 Å². The maximum absolute atomic E-state index is 13.8. The Balaban J connectivity index is 1.48. The molecule has 0 aliphatic heterocycles. The Kier molecular flexibility index (Phi) is 9.99. The van der Waals surface area contributed by atoms with Crippen LogP contribution in [0.1, 0.15) is 101 Å². The van der Waals surface area contributed by atoms with Crippen LogP contribution in [-0.2, 0) is 33.4 Å². The topological polar surface area (TPSA) is 166 Å². The Labute approximate surface area is 277 Å². The Morgan fingerprint density at radius 2 is 1.70 bits per heavy atom. The Morgan fingerprint density at radius 1 is 1.06 bits per heavy atom. The van der Waals surface area contributed by atoms with E-state index in [1.165, 1.54) is 0 Å². The number of ether oxygens (including phenoxy) is 3. The largest absolute Gasteiger partial charge is 0.460 e. The summed E-state index contributed by atoms with van der Waals surface area (Å²) < 4.78 is 16.0. The lowest BCUT2D eigenvalue weighted by Crippen LogP contribution is -2.62. The van der Waals surface area contributed by atoms with Gasteiger partial charge in [-0.25, -0.2) is 9.59 Å². The van der Waals surface area contributed by atoms with E-state index in [4.69, 9.17) is 14.2 Å². The summed E-state index contributed by atoms with van der Waals surface area (Å²) in [5, 5.41) is 26.2. The van der Waals surface area contributed by atoms with Crippen LogP contribution in [0.4, 0.5) is 4.79 Å². The Bertz CT molecular complexity index is 1350. The first-order chi connectivity index (χ1) is 21.5. The molecule has 0 heterocycles. The average Bonchev–Trinajstić information content (AvgIpc) is 3.19. The molecule has 4 aliphatic carbocycles. The van der Waals surface area contributed by atoms with Gasteiger partial charge in [-0.3, -0.25) is 14.4 Å². The van der Waals surface area contributed by atoms with Crippen LogP contribution in [0.3, 0.4) is 0 Å². The van der Waals surface area contributed by atoms with Crippen LogP contribution >= 0.6 is 0 Å². The molecule has 1 amide bonds. The van der Waals surface area contributed by atoms with Crippen molar-refractivity contribution in [1.29, 1.82) is 0 Å². The third kappa shape index (κ3) is 7.36. The molecule has 0 radical (unpaired) electrons. The molecule has 4 aliphatic rings. The van der Waals surface area contributed by atoms with Gasteiger partial charge in [0.05, 0.1) is 6.10 Å². The minimum Gasteiger partial charge on any atom is -0.460 e. The molecule has 0 unspecified atom stereocenters. The van der Waals surface area contributed by atoms with Crippen LogP contribution in [-0.4, -0.2) is 75.4 Å². The van der Waals surface area contributed by atoms with Gasteiger partial charge in [0.2, 0.25) is 5.78 Å². The number of Topliss-reactive ketones (excluding diaryl/α,β-unsaturated/α-hetero) is 1. The van der Waals surface area contributed by atoms with Crippen LogP contribution in [0.25, 0.3) is 0 Å². The summed E-state index contributed by atoms with van der Waals surface area (Å²) in [6.07, 6.45) is 4.70. The second kappa shape index (κ2) is 12.8. The van der Waals surface area contributed by atoms with Crippen LogP contribution < -0.4 is 5.32 Å². The summed E-state index contributed by atoms with van der Waals surface area (Å²) in [5.74, 6) is -2.43. The number of carbonyl (C=O) groups is 5. The van der Waals surface area contributed by atoms with E-state index in [1.807, 2.05) is 13.0 Å². The lowest BCUT2D eigenvalue weighted by molar-refractivity contribution is -0.183. The molecule has 0 saturated heterocycles. The van der Waals surface area contributed by atoms with E-state index in [-0.39, 0.29) is 55.1 Å². The highest BCUT2D eigenvalue weighted by molar-refractivity contribution is 6.01. The third-order valence-electron chi connectivity index (χ3n) is 10.8. The molecule has 9 atom stereocenters. The summed E-state index contributed by atoms with van der Waals surface area (Å²) in [6, 6.07) is -1.31. The number of carbonyl (C=O) groups excluding carboxylic acids is 5. The fraction of sp³-hybridized carbons (Fsp3) is 0.750. The fourth-order valence-corrected chi connectivity index (χ4v) is 8.92. The number of hydrogen-bond acceptors (Lipinski definition) is 10. The Morgan fingerprint density at radius 3 is 2.32 bits per heavy atom. The number of nitrogens with one attached hydrogen (secondary N) is 1. The summed E-state index contributed by atoms with van der Waals surface area (Å²) in [6.45, 7) is 15.4. The van der Waals surface area contributed by atoms with E-state index in [0.717, 1.165) is 12.0 Å². The molecular weight excluding hydrogens is 606 g/mol. The second-order valence-corrected chi connectivity index (χ2v) is 16.5. The van der Waals surface area contributed by atoms with Gasteiger partial charge in [0.1, 0.15) is 22.8 Å². The molecule has 0 aromatic heterocycles. The van der Waals surface area contributed by atoms with Crippen molar-refractivity contribution in [3.63, 3.8) is 0 Å². The van der Waals surface area contributed by atoms with E-state index in [1.54, 1.807) is 53.7 Å². The van der Waals surface area contributed by atoms with Crippen molar-refractivity contribution in [1.82, 2.24) is 5.32 Å². The predicted octanol–water partition coefficient (Wildman–Crippen LogP) is 4.37. The average molecular weight is 660 g/mol. The molecule has 3 N–H and O–H groups in total. The zero-order chi connectivity index (χ0) is 35.3. The van der Waals surface area contributed by atoms with Gasteiger partial charge in [-0.05, 0) is 104 Å². The number of ketones is 2. The molecule has 262 valence electrons. The highest BCUT2D eigenvalue weighted by Crippen LogP contribution is 2.67. The summed E-state index contributed by atoms with van der Waals surface area (Å²) in [4.78, 5) is 64.2. The zero-order valence-electron chi connectivity index (χ0n) is 29.3. The fourth-order valence-electron chi connectivity index (χ4n) is 8.92. The van der Waals surface area contributed by atoms with E-state index in [2.05, 4.69) is 19.2 Å². The number of esters is 2. The third-order valence-corrected chi connectivity index (χ3v) is 10.8. The van der Waals surface area contributed by atoms with Crippen molar-refractivity contribution < 1.29 is 48.4 Å². The van der Waals surface area contributed by atoms with Gasteiger partial charge in [-0.1, -0.05) is 32.4 Å². The first kappa shape index (κ1) is 36.8. The van der Waals surface area contributed by atoms with E-state index in [9.17, 15) is 34.2 Å². The van der Waals surface area contributed by atoms with Crippen molar-refractivity contribution in [2.75, 3.05) is 6.61 Å². The highest BCUT2D eigenvalue weighted by Gasteiger charge is 2.68. The maximum Gasteiger partial charge on any atom is 0.408 e. The molecule has 11 nitrogen and oxygen atoms in total. The van der Waals surface area contributed by atoms with Gasteiger partial charge in [-0.15, -0.1) is 0 Å². The standard InChI is InChI=1S/C36H53NO10/c1-20-16-22-23-13-15-36(44,35(23,9)18-26(39)29(22)34(8)14-12-21(38)17-24(20)34)27(40)19-45-30(42)25(37-31(43)47-33(5,6)7)10-11-28(41)46-32(2,3)4/h12,14,17,20,22-23,25-26,29,39,44H,10-11,13,15-16,18-19H2,1-9H3,(H,37,43)/t20-,22-,23-,25+,26-,29+,34-,35-,36-/m0/s1. The van der Waals surface area contributed by atoms with Gasteiger partial charge >= 0.3 is 18.0 Å². The SMILES string of the molecule is C[C@H]1C[C@@H]2[C@H]([C@@H](O)C[C@@]3(C)[C@H]2CC[C@]3(O)C(=O)COC(=O)[C@@H](CCC(=O)OC(C)(C)C)NC(=O)OC(C)(C)C)[C@@]2(C)C=CC(=O)C=C12. The second-order valence-electron chi connectivity index (χ2n) is 16.5. The summed E-state index contributed by atoms with van der Waals surface area (Å²) in [7, 11) is 0. The number of hydrogen-bond donors (Lipinski definition) is 3. The molecular formula is C36H53NO10. The molecule has 47 heavy (non-hydrogen) atoms. The molecule has 0 bridgehead atoms. The normalized spacial score (nSPS) is 35.4. The quantitative estimate of drug-likeness (QED) is 0.252. The molecule has 3 saturated carbocycles. The first-order valence-corrected chi connectivity index (χ1v) is 16.8. The van der Waals surface area contributed by atoms with E-state index >= 15 is 0 Å².